The number of hydrogen-bond donors (Lipinski definition) is 3. The van der Waals surface area contributed by atoms with Crippen molar-refractivity contribution in [1.82, 2.24) is 14.4 Å². The molecule has 0 amide bonds. The second-order valence-corrected chi connectivity index (χ2v) is 7.60. The van der Waals surface area contributed by atoms with Crippen molar-refractivity contribution >= 4 is 22.9 Å². The van der Waals surface area contributed by atoms with Crippen LogP contribution in [0.5, 0.6) is 0 Å². The molecule has 0 aliphatic carbocycles. The highest BCUT2D eigenvalue weighted by Gasteiger charge is 2.16. The van der Waals surface area contributed by atoms with E-state index >= 15 is 0 Å². The summed E-state index contributed by atoms with van der Waals surface area (Å²) < 4.78 is 1.93. The fourth-order valence-electron chi connectivity index (χ4n) is 3.16. The minimum atomic E-state index is -0.884. The van der Waals surface area contributed by atoms with Gasteiger partial charge in [0, 0.05) is 35.6 Å². The highest BCUT2D eigenvalue weighted by atomic mass is 16.3. The summed E-state index contributed by atoms with van der Waals surface area (Å²) in [4.78, 5) is 9.21. The maximum Gasteiger partial charge on any atom is 0.180 e. The van der Waals surface area contributed by atoms with Crippen molar-refractivity contribution in [1.29, 1.82) is 5.41 Å². The first-order valence-electron chi connectivity index (χ1n) is 9.41. The van der Waals surface area contributed by atoms with Gasteiger partial charge in [0.05, 0.1) is 11.3 Å². The van der Waals surface area contributed by atoms with Gasteiger partial charge in [-0.15, -0.1) is 0 Å². The van der Waals surface area contributed by atoms with Gasteiger partial charge in [-0.1, -0.05) is 30.3 Å². The quantitative estimate of drug-likeness (QED) is 0.433. The standard InChI is InChI=1S/C23H23N5O/c1-15(24)16-5-4-6-17(13-16)20-14-28-12-11-25-22(28)21(27-20)26-19-9-7-18(8-10-19)23(2,3)29/h4-14,24,29H,1-3H3,(H,26,27). The Morgan fingerprint density at radius 1 is 1.14 bits per heavy atom. The zero-order valence-electron chi connectivity index (χ0n) is 16.6. The Balaban J connectivity index is 1.74. The molecule has 0 saturated carbocycles. The Bertz CT molecular complexity index is 1190. The van der Waals surface area contributed by atoms with Gasteiger partial charge in [0.15, 0.2) is 11.5 Å². The molecular formula is C23H23N5O. The van der Waals surface area contributed by atoms with Crippen LogP contribution in [-0.2, 0) is 5.60 Å². The number of anilines is 2. The van der Waals surface area contributed by atoms with Crippen LogP contribution in [0.15, 0.2) is 67.1 Å². The molecule has 0 atom stereocenters. The van der Waals surface area contributed by atoms with Gasteiger partial charge in [-0.2, -0.15) is 0 Å². The van der Waals surface area contributed by atoms with Crippen molar-refractivity contribution in [3.63, 3.8) is 0 Å². The third-order valence-electron chi connectivity index (χ3n) is 4.82. The highest BCUT2D eigenvalue weighted by Crippen LogP contribution is 2.27. The fourth-order valence-corrected chi connectivity index (χ4v) is 3.16. The molecule has 2 aromatic carbocycles. The van der Waals surface area contributed by atoms with E-state index in [-0.39, 0.29) is 0 Å². The second kappa shape index (κ2) is 7.14. The zero-order chi connectivity index (χ0) is 20.6. The summed E-state index contributed by atoms with van der Waals surface area (Å²) in [6.45, 7) is 5.30. The molecule has 0 saturated heterocycles. The smallest absolute Gasteiger partial charge is 0.180 e. The topological polar surface area (TPSA) is 86.3 Å². The Morgan fingerprint density at radius 2 is 1.90 bits per heavy atom. The summed E-state index contributed by atoms with van der Waals surface area (Å²) in [6, 6.07) is 15.4. The lowest BCUT2D eigenvalue weighted by Crippen LogP contribution is -2.15. The monoisotopic (exact) mass is 385 g/mol. The van der Waals surface area contributed by atoms with Crippen LogP contribution in [0.4, 0.5) is 11.5 Å². The van der Waals surface area contributed by atoms with Crippen LogP contribution < -0.4 is 5.32 Å². The molecule has 0 spiro atoms. The van der Waals surface area contributed by atoms with E-state index in [4.69, 9.17) is 10.4 Å². The summed E-state index contributed by atoms with van der Waals surface area (Å²) in [6.07, 6.45) is 5.56. The number of rotatable bonds is 5. The molecule has 6 heteroatoms. The molecule has 2 aromatic heterocycles. The van der Waals surface area contributed by atoms with E-state index in [1.807, 2.05) is 65.3 Å². The lowest BCUT2D eigenvalue weighted by atomic mass is 9.98. The first-order valence-corrected chi connectivity index (χ1v) is 9.41. The van der Waals surface area contributed by atoms with Gasteiger partial charge >= 0.3 is 0 Å². The molecule has 0 fully saturated rings. The first-order chi connectivity index (χ1) is 13.8. The summed E-state index contributed by atoms with van der Waals surface area (Å²) in [7, 11) is 0. The normalized spacial score (nSPS) is 11.6. The van der Waals surface area contributed by atoms with E-state index in [2.05, 4.69) is 10.3 Å². The minimum absolute atomic E-state index is 0.515. The summed E-state index contributed by atoms with van der Waals surface area (Å²) in [5.74, 6) is 0.639. The van der Waals surface area contributed by atoms with E-state index in [9.17, 15) is 5.11 Å². The van der Waals surface area contributed by atoms with Crippen molar-refractivity contribution in [2.24, 2.45) is 0 Å². The number of benzene rings is 2. The molecule has 4 aromatic rings. The lowest BCUT2D eigenvalue weighted by molar-refractivity contribution is 0.0786. The van der Waals surface area contributed by atoms with Gasteiger partial charge < -0.3 is 20.2 Å². The van der Waals surface area contributed by atoms with Crippen LogP contribution in [0.1, 0.15) is 31.9 Å². The lowest BCUT2D eigenvalue weighted by Gasteiger charge is -2.18. The van der Waals surface area contributed by atoms with Crippen LogP contribution in [-0.4, -0.2) is 25.2 Å². The molecule has 2 heterocycles. The average molecular weight is 385 g/mol. The maximum atomic E-state index is 10.1. The third kappa shape index (κ3) is 3.88. The summed E-state index contributed by atoms with van der Waals surface area (Å²) in [5, 5.41) is 21.4. The number of imidazole rings is 1. The van der Waals surface area contributed by atoms with Gasteiger partial charge in [-0.25, -0.2) is 9.97 Å². The number of hydrogen-bond acceptors (Lipinski definition) is 5. The van der Waals surface area contributed by atoms with E-state index < -0.39 is 5.60 Å². The number of nitrogens with zero attached hydrogens (tertiary/aromatic N) is 3. The molecule has 0 bridgehead atoms. The zero-order valence-corrected chi connectivity index (χ0v) is 16.6. The molecular weight excluding hydrogens is 362 g/mol. The Hall–Kier alpha value is -3.51. The molecule has 4 rings (SSSR count). The number of fused-ring (bicyclic) bond motifs is 1. The largest absolute Gasteiger partial charge is 0.386 e. The van der Waals surface area contributed by atoms with Crippen LogP contribution in [0.3, 0.4) is 0 Å². The van der Waals surface area contributed by atoms with E-state index in [0.29, 0.717) is 11.5 Å². The van der Waals surface area contributed by atoms with E-state index in [0.717, 1.165) is 33.7 Å². The second-order valence-electron chi connectivity index (χ2n) is 7.60. The van der Waals surface area contributed by atoms with Gasteiger partial charge in [0.2, 0.25) is 0 Å². The van der Waals surface area contributed by atoms with E-state index in [1.165, 1.54) is 0 Å². The molecule has 0 aliphatic rings. The molecule has 6 nitrogen and oxygen atoms in total. The fraction of sp³-hybridized carbons (Fsp3) is 0.174. The van der Waals surface area contributed by atoms with Crippen LogP contribution in [0.2, 0.25) is 0 Å². The summed E-state index contributed by atoms with van der Waals surface area (Å²) >= 11 is 0. The van der Waals surface area contributed by atoms with Gasteiger partial charge in [-0.3, -0.25) is 0 Å². The SMILES string of the molecule is CC(=N)c1cccc(-c2cn3ccnc3c(Nc3ccc(C(C)(C)O)cc3)n2)c1. The molecule has 146 valence electrons. The molecule has 3 N–H and O–H groups in total. The number of aliphatic hydroxyl groups is 1. The molecule has 0 unspecified atom stereocenters. The predicted molar refractivity (Wildman–Crippen MR) is 116 cm³/mol. The van der Waals surface area contributed by atoms with Crippen molar-refractivity contribution in [3.8, 4) is 11.3 Å². The van der Waals surface area contributed by atoms with E-state index in [1.54, 1.807) is 27.0 Å². The maximum absolute atomic E-state index is 10.1. The third-order valence-corrected chi connectivity index (χ3v) is 4.82. The van der Waals surface area contributed by atoms with Crippen molar-refractivity contribution in [2.75, 3.05) is 5.32 Å². The van der Waals surface area contributed by atoms with Crippen molar-refractivity contribution in [2.45, 2.75) is 26.4 Å². The average Bonchev–Trinajstić information content (AvgIpc) is 3.17. The van der Waals surface area contributed by atoms with Gasteiger partial charge in [-0.05, 0) is 50.1 Å². The van der Waals surface area contributed by atoms with Crippen molar-refractivity contribution in [3.05, 3.63) is 78.2 Å². The van der Waals surface area contributed by atoms with Gasteiger partial charge in [0.25, 0.3) is 0 Å². The summed E-state index contributed by atoms with van der Waals surface area (Å²) in [5.41, 5.74) is 4.64. The number of aromatic nitrogens is 3. The van der Waals surface area contributed by atoms with Gasteiger partial charge in [0.1, 0.15) is 0 Å². The number of nitrogens with one attached hydrogen (secondary N) is 2. The van der Waals surface area contributed by atoms with Crippen LogP contribution in [0, 0.1) is 5.41 Å². The first kappa shape index (κ1) is 18.8. The Kier molecular flexibility index (Phi) is 4.64. The van der Waals surface area contributed by atoms with Crippen molar-refractivity contribution < 1.29 is 5.11 Å². The highest BCUT2D eigenvalue weighted by molar-refractivity contribution is 5.97. The molecule has 29 heavy (non-hydrogen) atoms. The molecule has 0 aliphatic heterocycles. The minimum Gasteiger partial charge on any atom is -0.386 e. The molecule has 0 radical (unpaired) electrons. The predicted octanol–water partition coefficient (Wildman–Crippen LogP) is 4.76. The Morgan fingerprint density at radius 3 is 2.59 bits per heavy atom. The van der Waals surface area contributed by atoms with Crippen LogP contribution in [0.25, 0.3) is 16.9 Å². The Labute approximate surface area is 169 Å². The van der Waals surface area contributed by atoms with Crippen LogP contribution >= 0.6 is 0 Å².